The van der Waals surface area contributed by atoms with Gasteiger partial charge in [-0.25, -0.2) is 4.98 Å². The summed E-state index contributed by atoms with van der Waals surface area (Å²) in [6.07, 6.45) is 4.42. The van der Waals surface area contributed by atoms with Gasteiger partial charge in [0.15, 0.2) is 5.65 Å². The maximum Gasteiger partial charge on any atom is 0.177 e. The number of hydrogen-bond donors (Lipinski definition) is 2. The number of hydrogen-bond acceptors (Lipinski definition) is 6. The van der Waals surface area contributed by atoms with Gasteiger partial charge in [-0.15, -0.1) is 15.3 Å². The highest BCUT2D eigenvalue weighted by molar-refractivity contribution is 5.42. The highest BCUT2D eigenvalue weighted by atomic mass is 15.4. The Kier molecular flexibility index (Phi) is 3.90. The average molecular weight is 283 g/mol. The molecule has 0 bridgehead atoms. The minimum absolute atomic E-state index is 0.743. The predicted molar refractivity (Wildman–Crippen MR) is 81.4 cm³/mol. The minimum atomic E-state index is 0.743. The molecule has 3 heterocycles. The van der Waals surface area contributed by atoms with Crippen LogP contribution in [0.1, 0.15) is 12.0 Å². The molecule has 3 aromatic rings. The second-order valence-corrected chi connectivity index (χ2v) is 4.78. The number of fused-ring (bicyclic) bond motifs is 1. The molecule has 0 aliphatic heterocycles. The average Bonchev–Trinajstić information content (AvgIpc) is 2.96. The first-order valence-corrected chi connectivity index (χ1v) is 6.89. The van der Waals surface area contributed by atoms with Gasteiger partial charge >= 0.3 is 0 Å². The molecule has 0 atom stereocenters. The van der Waals surface area contributed by atoms with E-state index in [1.54, 1.807) is 10.8 Å². The maximum atomic E-state index is 4.35. The van der Waals surface area contributed by atoms with Crippen molar-refractivity contribution in [2.45, 2.75) is 13.3 Å². The molecule has 0 aromatic carbocycles. The number of anilines is 2. The number of nitrogens with zero attached hydrogens (tertiary/aromatic N) is 5. The first kappa shape index (κ1) is 13.3. The van der Waals surface area contributed by atoms with E-state index in [-0.39, 0.29) is 0 Å². The second-order valence-electron chi connectivity index (χ2n) is 4.78. The van der Waals surface area contributed by atoms with Crippen molar-refractivity contribution >= 4 is 17.3 Å². The maximum absolute atomic E-state index is 4.35. The zero-order valence-corrected chi connectivity index (χ0v) is 11.8. The minimum Gasteiger partial charge on any atom is -0.370 e. The number of aromatic nitrogens is 5. The monoisotopic (exact) mass is 283 g/mol. The number of rotatable bonds is 6. The lowest BCUT2D eigenvalue weighted by atomic mass is 10.3. The number of pyridine rings is 1. The molecule has 3 aromatic heterocycles. The molecule has 0 spiro atoms. The molecule has 0 saturated carbocycles. The summed E-state index contributed by atoms with van der Waals surface area (Å²) in [5, 5.41) is 18.6. The highest BCUT2D eigenvalue weighted by Gasteiger charge is 1.98. The van der Waals surface area contributed by atoms with Crippen LogP contribution in [0.5, 0.6) is 0 Å². The van der Waals surface area contributed by atoms with Crippen molar-refractivity contribution < 1.29 is 0 Å². The van der Waals surface area contributed by atoms with Crippen LogP contribution in [0.4, 0.5) is 11.6 Å². The smallest absolute Gasteiger partial charge is 0.177 e. The molecule has 108 valence electrons. The fourth-order valence-electron chi connectivity index (χ4n) is 1.92. The Morgan fingerprint density at radius 3 is 2.67 bits per heavy atom. The molecule has 0 aliphatic rings. The van der Waals surface area contributed by atoms with Crippen molar-refractivity contribution in [3.8, 4) is 0 Å². The normalized spacial score (nSPS) is 10.7. The Hall–Kier alpha value is -2.70. The molecular weight excluding hydrogens is 266 g/mol. The number of nitrogens with one attached hydrogen (secondary N) is 2. The Morgan fingerprint density at radius 1 is 1.05 bits per heavy atom. The summed E-state index contributed by atoms with van der Waals surface area (Å²) in [5.41, 5.74) is 1.91. The van der Waals surface area contributed by atoms with E-state index in [1.165, 1.54) is 0 Å². The molecule has 0 unspecified atom stereocenters. The van der Waals surface area contributed by atoms with E-state index in [2.05, 4.69) is 30.9 Å². The third-order valence-corrected chi connectivity index (χ3v) is 3.04. The van der Waals surface area contributed by atoms with E-state index in [9.17, 15) is 0 Å². The standard InChI is InChI=1S/C14H17N7/c1-11-3-4-12(17-9-11)15-7-2-8-16-13-5-6-14-19-18-10-21(14)20-13/h3-6,9-10H,2,7-8H2,1H3,(H,15,17)(H,16,20). The summed E-state index contributed by atoms with van der Waals surface area (Å²) in [7, 11) is 0. The summed E-state index contributed by atoms with van der Waals surface area (Å²) in [4.78, 5) is 4.30. The van der Waals surface area contributed by atoms with Crippen LogP contribution in [0, 0.1) is 6.92 Å². The molecule has 7 heteroatoms. The first-order valence-electron chi connectivity index (χ1n) is 6.89. The van der Waals surface area contributed by atoms with Crippen LogP contribution < -0.4 is 10.6 Å². The summed E-state index contributed by atoms with van der Waals surface area (Å²) in [6.45, 7) is 3.72. The molecule has 0 radical (unpaired) electrons. The van der Waals surface area contributed by atoms with E-state index >= 15 is 0 Å². The van der Waals surface area contributed by atoms with E-state index in [0.717, 1.165) is 42.4 Å². The van der Waals surface area contributed by atoms with E-state index in [4.69, 9.17) is 0 Å². The number of aryl methyl sites for hydroxylation is 1. The molecule has 3 rings (SSSR count). The van der Waals surface area contributed by atoms with Crippen molar-refractivity contribution in [1.82, 2.24) is 24.8 Å². The van der Waals surface area contributed by atoms with E-state index in [1.807, 2.05) is 37.4 Å². The van der Waals surface area contributed by atoms with Gasteiger partial charge in [0.2, 0.25) is 0 Å². The van der Waals surface area contributed by atoms with Gasteiger partial charge in [0.05, 0.1) is 0 Å². The van der Waals surface area contributed by atoms with Gasteiger partial charge in [0.1, 0.15) is 18.0 Å². The first-order chi connectivity index (χ1) is 10.3. The van der Waals surface area contributed by atoms with Crippen LogP contribution in [0.25, 0.3) is 5.65 Å². The summed E-state index contributed by atoms with van der Waals surface area (Å²) >= 11 is 0. The Bertz CT molecular complexity index is 705. The van der Waals surface area contributed by atoms with Crippen LogP contribution in [-0.4, -0.2) is 37.9 Å². The summed E-state index contributed by atoms with van der Waals surface area (Å²) in [5.74, 6) is 1.72. The van der Waals surface area contributed by atoms with Crippen molar-refractivity contribution in [3.05, 3.63) is 42.4 Å². The van der Waals surface area contributed by atoms with Crippen LogP contribution >= 0.6 is 0 Å². The quantitative estimate of drug-likeness (QED) is 0.671. The third kappa shape index (κ3) is 3.44. The molecule has 0 fully saturated rings. The Morgan fingerprint density at radius 2 is 1.86 bits per heavy atom. The lowest BCUT2D eigenvalue weighted by Gasteiger charge is -2.07. The summed E-state index contributed by atoms with van der Waals surface area (Å²) < 4.78 is 1.65. The van der Waals surface area contributed by atoms with Crippen molar-refractivity contribution in [3.63, 3.8) is 0 Å². The molecule has 0 saturated heterocycles. The van der Waals surface area contributed by atoms with Gasteiger partial charge in [0, 0.05) is 19.3 Å². The van der Waals surface area contributed by atoms with Gasteiger partial charge < -0.3 is 10.6 Å². The SMILES string of the molecule is Cc1ccc(NCCCNc2ccc3nncn3n2)nc1. The summed E-state index contributed by atoms with van der Waals surface area (Å²) in [6, 6.07) is 7.83. The third-order valence-electron chi connectivity index (χ3n) is 3.04. The highest BCUT2D eigenvalue weighted by Crippen LogP contribution is 2.05. The zero-order chi connectivity index (χ0) is 14.5. The van der Waals surface area contributed by atoms with Crippen LogP contribution in [0.15, 0.2) is 36.8 Å². The van der Waals surface area contributed by atoms with Crippen LogP contribution in [-0.2, 0) is 0 Å². The zero-order valence-electron chi connectivity index (χ0n) is 11.8. The van der Waals surface area contributed by atoms with Crippen molar-refractivity contribution in [2.24, 2.45) is 0 Å². The van der Waals surface area contributed by atoms with Crippen molar-refractivity contribution in [1.29, 1.82) is 0 Å². The fraction of sp³-hybridized carbons (Fsp3) is 0.286. The second kappa shape index (κ2) is 6.17. The van der Waals surface area contributed by atoms with Gasteiger partial charge in [-0.3, -0.25) is 0 Å². The predicted octanol–water partition coefficient (Wildman–Crippen LogP) is 1.74. The van der Waals surface area contributed by atoms with Crippen LogP contribution in [0.3, 0.4) is 0 Å². The molecular formula is C14H17N7. The van der Waals surface area contributed by atoms with Crippen LogP contribution in [0.2, 0.25) is 0 Å². The molecule has 21 heavy (non-hydrogen) atoms. The van der Waals surface area contributed by atoms with Gasteiger partial charge in [-0.05, 0) is 37.1 Å². The molecule has 0 amide bonds. The topological polar surface area (TPSA) is 80.0 Å². The van der Waals surface area contributed by atoms with E-state index < -0.39 is 0 Å². The van der Waals surface area contributed by atoms with Gasteiger partial charge in [0.25, 0.3) is 0 Å². The Balaban J connectivity index is 1.42. The van der Waals surface area contributed by atoms with E-state index in [0.29, 0.717) is 0 Å². The Labute approximate surface area is 122 Å². The fourth-order valence-corrected chi connectivity index (χ4v) is 1.92. The molecule has 0 aliphatic carbocycles. The largest absolute Gasteiger partial charge is 0.370 e. The lowest BCUT2D eigenvalue weighted by Crippen LogP contribution is -2.11. The molecule has 2 N–H and O–H groups in total. The van der Waals surface area contributed by atoms with Crippen molar-refractivity contribution in [2.75, 3.05) is 23.7 Å². The van der Waals surface area contributed by atoms with Gasteiger partial charge in [-0.1, -0.05) is 6.07 Å². The lowest BCUT2D eigenvalue weighted by molar-refractivity contribution is 0.873. The molecule has 7 nitrogen and oxygen atoms in total. The van der Waals surface area contributed by atoms with Gasteiger partial charge in [-0.2, -0.15) is 4.52 Å².